The number of hydrogen-bond acceptors (Lipinski definition) is 7. The third-order valence-electron chi connectivity index (χ3n) is 3.70. The number of nitro benzene ring substituents is 1. The normalized spacial score (nSPS) is 11.1. The Kier molecular flexibility index (Phi) is 6.17. The van der Waals surface area contributed by atoms with Gasteiger partial charge in [0.25, 0.3) is 0 Å². The zero-order valence-electron chi connectivity index (χ0n) is 15.1. The van der Waals surface area contributed by atoms with Crippen LogP contribution in [-0.2, 0) is 14.6 Å². The topological polar surface area (TPSA) is 113 Å². The Morgan fingerprint density at radius 2 is 1.78 bits per heavy atom. The number of hydrogen-bond donors (Lipinski definition) is 0. The van der Waals surface area contributed by atoms with E-state index in [2.05, 4.69) is 0 Å². The lowest BCUT2D eigenvalue weighted by atomic mass is 10.2. The van der Waals surface area contributed by atoms with Crippen molar-refractivity contribution in [3.63, 3.8) is 0 Å². The van der Waals surface area contributed by atoms with Crippen LogP contribution in [0.15, 0.2) is 41.3 Å². The lowest BCUT2D eigenvalue weighted by molar-refractivity contribution is -0.385. The Balaban J connectivity index is 2.72. The minimum atomic E-state index is -3.92. The van der Waals surface area contributed by atoms with Gasteiger partial charge in [-0.3, -0.25) is 10.1 Å². The third-order valence-corrected chi connectivity index (χ3v) is 5.43. The molecule has 0 saturated heterocycles. The molecule has 0 aliphatic rings. The van der Waals surface area contributed by atoms with Crippen LogP contribution in [-0.4, -0.2) is 31.7 Å². The number of carbonyl (C=O) groups excluding carboxylic acids is 1. The van der Waals surface area contributed by atoms with Gasteiger partial charge in [-0.25, -0.2) is 13.2 Å². The van der Waals surface area contributed by atoms with Crippen LogP contribution >= 0.6 is 0 Å². The predicted octanol–water partition coefficient (Wildman–Crippen LogP) is 3.67. The van der Waals surface area contributed by atoms with E-state index in [9.17, 15) is 23.3 Å². The predicted molar refractivity (Wildman–Crippen MR) is 98.0 cm³/mol. The minimum Gasteiger partial charge on any atom is -0.462 e. The fourth-order valence-corrected chi connectivity index (χ4v) is 3.31. The molecule has 0 heterocycles. The molecular formula is C18H19NO7S. The molecule has 0 fully saturated rings. The van der Waals surface area contributed by atoms with Gasteiger partial charge in [0.2, 0.25) is 5.75 Å². The third kappa shape index (κ3) is 4.62. The molecule has 8 nitrogen and oxygen atoms in total. The molecule has 0 spiro atoms. The molecule has 0 amide bonds. The van der Waals surface area contributed by atoms with Crippen LogP contribution in [0.25, 0.3) is 0 Å². The number of rotatable bonds is 7. The maximum absolute atomic E-state index is 12.5. The number of aryl methyl sites for hydroxylation is 1. The van der Waals surface area contributed by atoms with Crippen LogP contribution in [0, 0.1) is 17.0 Å². The van der Waals surface area contributed by atoms with Gasteiger partial charge in [0.15, 0.2) is 9.84 Å². The second-order valence-electron chi connectivity index (χ2n) is 5.62. The van der Waals surface area contributed by atoms with Crippen molar-refractivity contribution in [2.24, 2.45) is 0 Å². The summed E-state index contributed by atoms with van der Waals surface area (Å²) in [5.41, 5.74) is 0.0795. The maximum Gasteiger partial charge on any atom is 0.338 e. The summed E-state index contributed by atoms with van der Waals surface area (Å²) in [6, 6.07) is 8.59. The Bertz CT molecular complexity index is 966. The van der Waals surface area contributed by atoms with Crippen molar-refractivity contribution in [1.29, 1.82) is 0 Å². The van der Waals surface area contributed by atoms with E-state index in [1.165, 1.54) is 6.92 Å². The summed E-state index contributed by atoms with van der Waals surface area (Å²) < 4.78 is 35.4. The van der Waals surface area contributed by atoms with Crippen molar-refractivity contribution in [3.8, 4) is 11.5 Å². The van der Waals surface area contributed by atoms with Gasteiger partial charge in [0, 0.05) is 6.07 Å². The SMILES string of the molecule is CCOC(=O)c1cc([N+](=O)[O-])c(Oc2ccc(C)cc2)c(S(=O)(=O)CC)c1. The van der Waals surface area contributed by atoms with E-state index < -0.39 is 37.1 Å². The summed E-state index contributed by atoms with van der Waals surface area (Å²) in [6.07, 6.45) is 0. The van der Waals surface area contributed by atoms with E-state index in [1.54, 1.807) is 31.2 Å². The molecule has 0 radical (unpaired) electrons. The smallest absolute Gasteiger partial charge is 0.338 e. The highest BCUT2D eigenvalue weighted by Crippen LogP contribution is 2.39. The van der Waals surface area contributed by atoms with Crippen molar-refractivity contribution in [2.75, 3.05) is 12.4 Å². The number of esters is 1. The van der Waals surface area contributed by atoms with Crippen LogP contribution in [0.3, 0.4) is 0 Å². The molecule has 2 aromatic carbocycles. The van der Waals surface area contributed by atoms with Gasteiger partial charge in [-0.1, -0.05) is 24.6 Å². The van der Waals surface area contributed by atoms with Crippen molar-refractivity contribution >= 4 is 21.5 Å². The van der Waals surface area contributed by atoms with Gasteiger partial charge in [-0.15, -0.1) is 0 Å². The summed E-state index contributed by atoms with van der Waals surface area (Å²) in [6.45, 7) is 4.87. The summed E-state index contributed by atoms with van der Waals surface area (Å²) in [7, 11) is -3.92. The standard InChI is InChI=1S/C18H19NO7S/c1-4-25-18(20)13-10-15(19(21)22)17(16(11-13)27(23,24)5-2)26-14-8-6-12(3)7-9-14/h6-11H,4-5H2,1-3H3. The molecule has 9 heteroatoms. The Labute approximate surface area is 156 Å². The zero-order valence-corrected chi connectivity index (χ0v) is 15.9. The Morgan fingerprint density at radius 1 is 1.15 bits per heavy atom. The van der Waals surface area contributed by atoms with Gasteiger partial charge in [0.1, 0.15) is 10.6 Å². The van der Waals surface area contributed by atoms with Crippen molar-refractivity contribution < 1.29 is 27.6 Å². The van der Waals surface area contributed by atoms with E-state index in [0.717, 1.165) is 17.7 Å². The average molecular weight is 393 g/mol. The number of nitrogens with zero attached hydrogens (tertiary/aromatic N) is 1. The first-order valence-electron chi connectivity index (χ1n) is 8.16. The largest absolute Gasteiger partial charge is 0.462 e. The van der Waals surface area contributed by atoms with Gasteiger partial charge >= 0.3 is 11.7 Å². The molecule has 0 bridgehead atoms. The van der Waals surface area contributed by atoms with E-state index in [1.807, 2.05) is 6.92 Å². The van der Waals surface area contributed by atoms with Crippen molar-refractivity contribution in [1.82, 2.24) is 0 Å². The summed E-state index contributed by atoms with van der Waals surface area (Å²) in [5, 5.41) is 11.5. The second-order valence-corrected chi connectivity index (χ2v) is 7.87. The highest BCUT2D eigenvalue weighted by Gasteiger charge is 2.30. The van der Waals surface area contributed by atoms with Crippen LogP contribution < -0.4 is 4.74 Å². The van der Waals surface area contributed by atoms with Gasteiger partial charge < -0.3 is 9.47 Å². The van der Waals surface area contributed by atoms with Gasteiger partial charge in [0.05, 0.1) is 22.8 Å². The average Bonchev–Trinajstić information content (AvgIpc) is 2.63. The second kappa shape index (κ2) is 8.17. The molecule has 0 aromatic heterocycles. The highest BCUT2D eigenvalue weighted by molar-refractivity contribution is 7.91. The number of benzene rings is 2. The molecule has 27 heavy (non-hydrogen) atoms. The Morgan fingerprint density at radius 3 is 2.30 bits per heavy atom. The maximum atomic E-state index is 12.5. The fourth-order valence-electron chi connectivity index (χ4n) is 2.27. The molecule has 0 aliphatic carbocycles. The lowest BCUT2D eigenvalue weighted by Crippen LogP contribution is -2.11. The molecule has 0 aliphatic heterocycles. The first kappa shape index (κ1) is 20.4. The zero-order chi connectivity index (χ0) is 20.2. The van der Waals surface area contributed by atoms with E-state index in [-0.39, 0.29) is 23.7 Å². The molecule has 144 valence electrons. The number of carbonyl (C=O) groups is 1. The molecule has 0 N–H and O–H groups in total. The van der Waals surface area contributed by atoms with Crippen molar-refractivity contribution in [3.05, 3.63) is 57.6 Å². The summed E-state index contributed by atoms with van der Waals surface area (Å²) in [5.74, 6) is -1.37. The molecule has 2 aromatic rings. The lowest BCUT2D eigenvalue weighted by Gasteiger charge is -2.13. The number of sulfone groups is 1. The molecule has 0 unspecified atom stereocenters. The van der Waals surface area contributed by atoms with E-state index in [0.29, 0.717) is 0 Å². The molecular weight excluding hydrogens is 374 g/mol. The van der Waals surface area contributed by atoms with Crippen molar-refractivity contribution in [2.45, 2.75) is 25.7 Å². The van der Waals surface area contributed by atoms with Crippen LogP contribution in [0.2, 0.25) is 0 Å². The van der Waals surface area contributed by atoms with Crippen LogP contribution in [0.4, 0.5) is 5.69 Å². The molecule has 2 rings (SSSR count). The monoisotopic (exact) mass is 393 g/mol. The highest BCUT2D eigenvalue weighted by atomic mass is 32.2. The van der Waals surface area contributed by atoms with Gasteiger partial charge in [-0.05, 0) is 32.0 Å². The van der Waals surface area contributed by atoms with E-state index in [4.69, 9.17) is 9.47 Å². The van der Waals surface area contributed by atoms with Gasteiger partial charge in [-0.2, -0.15) is 0 Å². The van der Waals surface area contributed by atoms with E-state index >= 15 is 0 Å². The number of ether oxygens (including phenoxy) is 2. The fraction of sp³-hybridized carbons (Fsp3) is 0.278. The first-order valence-corrected chi connectivity index (χ1v) is 9.81. The first-order chi connectivity index (χ1) is 12.7. The van der Waals surface area contributed by atoms with Crippen LogP contribution in [0.5, 0.6) is 11.5 Å². The Hall–Kier alpha value is -2.94. The minimum absolute atomic E-state index is 0.0457. The van der Waals surface area contributed by atoms with Crippen LogP contribution in [0.1, 0.15) is 29.8 Å². The quantitative estimate of drug-likeness (QED) is 0.401. The number of nitro groups is 1. The summed E-state index contributed by atoms with van der Waals surface area (Å²) in [4.78, 5) is 22.3. The molecule has 0 saturated carbocycles. The summed E-state index contributed by atoms with van der Waals surface area (Å²) >= 11 is 0. The molecule has 0 atom stereocenters.